The average molecular weight is 207 g/mol. The van der Waals surface area contributed by atoms with Gasteiger partial charge < -0.3 is 16.4 Å². The number of rotatable bonds is 2. The maximum atomic E-state index is 5.69. The van der Waals surface area contributed by atoms with Gasteiger partial charge in [-0.1, -0.05) is 0 Å². The summed E-state index contributed by atoms with van der Waals surface area (Å²) in [6, 6.07) is 0. The Labute approximate surface area is 89.5 Å². The summed E-state index contributed by atoms with van der Waals surface area (Å²) >= 11 is 0. The molecule has 5 heteroatoms. The number of anilines is 1. The molecule has 0 atom stereocenters. The van der Waals surface area contributed by atoms with Gasteiger partial charge in [-0.05, 0) is 25.6 Å². The lowest BCUT2D eigenvalue weighted by Crippen LogP contribution is -2.16. The highest BCUT2D eigenvalue weighted by molar-refractivity contribution is 5.33. The molecule has 5 nitrogen and oxygen atoms in total. The predicted molar refractivity (Wildman–Crippen MR) is 59.5 cm³/mol. The largest absolute Gasteiger partial charge is 0.368 e. The Kier molecular flexibility index (Phi) is 3.13. The molecule has 0 aromatic carbocycles. The molecule has 1 aliphatic heterocycles. The number of nitrogen functional groups attached to an aromatic ring is 1. The van der Waals surface area contributed by atoms with E-state index in [2.05, 4.69) is 20.6 Å². The van der Waals surface area contributed by atoms with Crippen molar-refractivity contribution in [2.24, 2.45) is 0 Å². The van der Waals surface area contributed by atoms with Crippen LogP contribution >= 0.6 is 0 Å². The summed E-state index contributed by atoms with van der Waals surface area (Å²) in [6.07, 6.45) is 1.94. The standard InChI is InChI=1S/C10H17N5/c1-12-6-9-7-2-4-13-5-3-8(7)14-10(11)15-9/h12-13H,2-6H2,1H3,(H2,11,14,15). The van der Waals surface area contributed by atoms with Crippen LogP contribution in [0.25, 0.3) is 0 Å². The van der Waals surface area contributed by atoms with Crippen molar-refractivity contribution in [2.45, 2.75) is 19.4 Å². The minimum Gasteiger partial charge on any atom is -0.368 e. The Morgan fingerprint density at radius 2 is 2.13 bits per heavy atom. The number of hydrogen-bond donors (Lipinski definition) is 3. The Balaban J connectivity index is 2.40. The van der Waals surface area contributed by atoms with Crippen LogP contribution in [-0.2, 0) is 19.4 Å². The molecular weight excluding hydrogens is 190 g/mol. The SMILES string of the molecule is CNCc1nc(N)nc2c1CCNCC2. The lowest BCUT2D eigenvalue weighted by Gasteiger charge is -2.10. The van der Waals surface area contributed by atoms with Gasteiger partial charge in [0, 0.05) is 19.5 Å². The highest BCUT2D eigenvalue weighted by Gasteiger charge is 2.14. The first-order valence-corrected chi connectivity index (χ1v) is 5.30. The number of aromatic nitrogens is 2. The highest BCUT2D eigenvalue weighted by atomic mass is 15.0. The van der Waals surface area contributed by atoms with Gasteiger partial charge in [-0.25, -0.2) is 9.97 Å². The monoisotopic (exact) mass is 207 g/mol. The van der Waals surface area contributed by atoms with Gasteiger partial charge in [-0.3, -0.25) is 0 Å². The van der Waals surface area contributed by atoms with E-state index < -0.39 is 0 Å². The van der Waals surface area contributed by atoms with Gasteiger partial charge in [0.1, 0.15) is 0 Å². The smallest absolute Gasteiger partial charge is 0.220 e. The maximum Gasteiger partial charge on any atom is 0.220 e. The Morgan fingerprint density at radius 3 is 2.93 bits per heavy atom. The molecule has 1 aromatic heterocycles. The second kappa shape index (κ2) is 4.55. The number of nitrogens with two attached hydrogens (primary N) is 1. The fraction of sp³-hybridized carbons (Fsp3) is 0.600. The molecule has 1 aromatic rings. The predicted octanol–water partition coefficient (Wildman–Crippen LogP) is -0.534. The summed E-state index contributed by atoms with van der Waals surface area (Å²) < 4.78 is 0. The second-order valence-electron chi connectivity index (χ2n) is 3.73. The molecule has 4 N–H and O–H groups in total. The summed E-state index contributed by atoms with van der Waals surface area (Å²) in [5.41, 5.74) is 9.11. The van der Waals surface area contributed by atoms with Crippen LogP contribution in [0.1, 0.15) is 17.0 Å². The van der Waals surface area contributed by atoms with Gasteiger partial charge in [0.25, 0.3) is 0 Å². The van der Waals surface area contributed by atoms with E-state index in [1.54, 1.807) is 0 Å². The van der Waals surface area contributed by atoms with Crippen LogP contribution < -0.4 is 16.4 Å². The third-order valence-electron chi connectivity index (χ3n) is 2.63. The van der Waals surface area contributed by atoms with Crippen molar-refractivity contribution < 1.29 is 0 Å². The Bertz CT molecular complexity index is 350. The van der Waals surface area contributed by atoms with Gasteiger partial charge in [0.2, 0.25) is 5.95 Å². The summed E-state index contributed by atoms with van der Waals surface area (Å²) in [6.45, 7) is 2.73. The highest BCUT2D eigenvalue weighted by Crippen LogP contribution is 2.15. The van der Waals surface area contributed by atoms with Crippen molar-refractivity contribution in [3.63, 3.8) is 0 Å². The van der Waals surface area contributed by atoms with Crippen LogP contribution in [0.5, 0.6) is 0 Å². The van der Waals surface area contributed by atoms with Crippen LogP contribution in [-0.4, -0.2) is 30.1 Å². The zero-order valence-electron chi connectivity index (χ0n) is 9.01. The molecule has 2 heterocycles. The molecule has 0 unspecified atom stereocenters. The van der Waals surface area contributed by atoms with Crippen molar-refractivity contribution in [1.82, 2.24) is 20.6 Å². The Hall–Kier alpha value is -1.20. The molecule has 0 bridgehead atoms. The molecule has 15 heavy (non-hydrogen) atoms. The molecular formula is C10H17N5. The summed E-state index contributed by atoms with van der Waals surface area (Å²) in [5.74, 6) is 0.390. The van der Waals surface area contributed by atoms with Gasteiger partial charge in [0.05, 0.1) is 11.4 Å². The molecule has 0 saturated carbocycles. The van der Waals surface area contributed by atoms with Gasteiger partial charge in [-0.2, -0.15) is 0 Å². The van der Waals surface area contributed by atoms with E-state index in [9.17, 15) is 0 Å². The third-order valence-corrected chi connectivity index (χ3v) is 2.63. The molecule has 0 fully saturated rings. The summed E-state index contributed by atoms with van der Waals surface area (Å²) in [7, 11) is 1.92. The average Bonchev–Trinajstić information content (AvgIpc) is 2.43. The maximum absolute atomic E-state index is 5.69. The first kappa shape index (κ1) is 10.3. The Morgan fingerprint density at radius 1 is 1.33 bits per heavy atom. The van der Waals surface area contributed by atoms with E-state index in [-0.39, 0.29) is 0 Å². The zero-order valence-corrected chi connectivity index (χ0v) is 9.01. The van der Waals surface area contributed by atoms with Gasteiger partial charge in [0.15, 0.2) is 0 Å². The lowest BCUT2D eigenvalue weighted by atomic mass is 10.1. The van der Waals surface area contributed by atoms with Gasteiger partial charge in [-0.15, -0.1) is 0 Å². The van der Waals surface area contributed by atoms with Gasteiger partial charge >= 0.3 is 0 Å². The third kappa shape index (κ3) is 2.24. The van der Waals surface area contributed by atoms with Crippen LogP contribution in [0.3, 0.4) is 0 Å². The lowest BCUT2D eigenvalue weighted by molar-refractivity contribution is 0.706. The molecule has 2 rings (SSSR count). The van der Waals surface area contributed by atoms with E-state index in [4.69, 9.17) is 5.73 Å². The van der Waals surface area contributed by atoms with Crippen molar-refractivity contribution >= 4 is 5.95 Å². The van der Waals surface area contributed by atoms with Crippen molar-refractivity contribution in [3.8, 4) is 0 Å². The van der Waals surface area contributed by atoms with E-state index in [1.165, 1.54) is 5.56 Å². The number of nitrogens with one attached hydrogen (secondary N) is 2. The minimum atomic E-state index is 0.390. The molecule has 82 valence electrons. The number of hydrogen-bond acceptors (Lipinski definition) is 5. The van der Waals surface area contributed by atoms with Crippen molar-refractivity contribution in [1.29, 1.82) is 0 Å². The van der Waals surface area contributed by atoms with E-state index >= 15 is 0 Å². The van der Waals surface area contributed by atoms with Crippen LogP contribution in [0.2, 0.25) is 0 Å². The van der Waals surface area contributed by atoms with Crippen molar-refractivity contribution in [3.05, 3.63) is 17.0 Å². The molecule has 0 radical (unpaired) electrons. The molecule has 0 saturated heterocycles. The number of fused-ring (bicyclic) bond motifs is 1. The first-order chi connectivity index (χ1) is 7.31. The topological polar surface area (TPSA) is 75.9 Å². The van der Waals surface area contributed by atoms with Crippen LogP contribution in [0, 0.1) is 0 Å². The summed E-state index contributed by atoms with van der Waals surface area (Å²) in [5, 5.41) is 6.47. The van der Waals surface area contributed by atoms with Crippen LogP contribution in [0.4, 0.5) is 5.95 Å². The normalized spacial score (nSPS) is 15.8. The first-order valence-electron chi connectivity index (χ1n) is 5.30. The van der Waals surface area contributed by atoms with E-state index in [0.29, 0.717) is 5.95 Å². The fourth-order valence-corrected chi connectivity index (χ4v) is 1.96. The quantitative estimate of drug-likeness (QED) is 0.607. The van der Waals surface area contributed by atoms with E-state index in [1.807, 2.05) is 7.05 Å². The van der Waals surface area contributed by atoms with Crippen LogP contribution in [0.15, 0.2) is 0 Å². The zero-order chi connectivity index (χ0) is 10.7. The van der Waals surface area contributed by atoms with E-state index in [0.717, 1.165) is 43.9 Å². The molecule has 0 spiro atoms. The number of nitrogens with zero attached hydrogens (tertiary/aromatic N) is 2. The van der Waals surface area contributed by atoms with Crippen molar-refractivity contribution in [2.75, 3.05) is 25.9 Å². The molecule has 0 amide bonds. The minimum absolute atomic E-state index is 0.390. The molecule has 0 aliphatic carbocycles. The molecule has 1 aliphatic rings. The summed E-state index contributed by atoms with van der Waals surface area (Å²) in [4.78, 5) is 8.61. The fourth-order valence-electron chi connectivity index (χ4n) is 1.96. The second-order valence-corrected chi connectivity index (χ2v) is 3.73.